The van der Waals surface area contributed by atoms with Gasteiger partial charge in [-0.05, 0) is 61.0 Å². The Bertz CT molecular complexity index is 1080. The second-order valence-electron chi connectivity index (χ2n) is 6.54. The Labute approximate surface area is 164 Å². The van der Waals surface area contributed by atoms with E-state index in [1.807, 2.05) is 37.3 Å². The molecule has 2 N–H and O–H groups in total. The molecular formula is C21H20N2O4S. The number of ether oxygens (including phenoxy) is 2. The second kappa shape index (κ2) is 7.44. The summed E-state index contributed by atoms with van der Waals surface area (Å²) < 4.78 is 38.2. The third-order valence-corrected chi connectivity index (χ3v) is 5.80. The van der Waals surface area contributed by atoms with Crippen LogP contribution in [0.5, 0.6) is 11.5 Å². The molecule has 144 valence electrons. The van der Waals surface area contributed by atoms with Gasteiger partial charge in [0.15, 0.2) is 11.5 Å². The zero-order chi connectivity index (χ0) is 19.6. The highest BCUT2D eigenvalue weighted by Gasteiger charge is 2.14. The lowest BCUT2D eigenvalue weighted by molar-refractivity contribution is 0.174. The van der Waals surface area contributed by atoms with Gasteiger partial charge in [0.25, 0.3) is 10.0 Å². The molecule has 0 bridgehead atoms. The molecule has 7 heteroatoms. The third-order valence-electron chi connectivity index (χ3n) is 4.40. The van der Waals surface area contributed by atoms with Gasteiger partial charge in [-0.2, -0.15) is 0 Å². The van der Waals surface area contributed by atoms with Gasteiger partial charge >= 0.3 is 0 Å². The summed E-state index contributed by atoms with van der Waals surface area (Å²) in [4.78, 5) is 0.239. The molecule has 0 aromatic heterocycles. The molecule has 4 rings (SSSR count). The van der Waals surface area contributed by atoms with Gasteiger partial charge < -0.3 is 14.8 Å². The summed E-state index contributed by atoms with van der Waals surface area (Å²) in [5, 5.41) is 3.31. The van der Waals surface area contributed by atoms with E-state index in [1.54, 1.807) is 36.4 Å². The Morgan fingerprint density at radius 3 is 2.29 bits per heavy atom. The Kier molecular flexibility index (Phi) is 4.83. The zero-order valence-electron chi connectivity index (χ0n) is 15.3. The molecule has 0 saturated heterocycles. The maximum absolute atomic E-state index is 12.5. The zero-order valence-corrected chi connectivity index (χ0v) is 16.1. The number of benzene rings is 3. The highest BCUT2D eigenvalue weighted by molar-refractivity contribution is 7.92. The molecule has 1 aliphatic rings. The molecule has 0 radical (unpaired) electrons. The minimum absolute atomic E-state index is 0.239. The fourth-order valence-corrected chi connectivity index (χ4v) is 3.90. The maximum Gasteiger partial charge on any atom is 0.261 e. The number of fused-ring (bicyclic) bond motifs is 1. The van der Waals surface area contributed by atoms with E-state index in [0.29, 0.717) is 12.2 Å². The lowest BCUT2D eigenvalue weighted by Crippen LogP contribution is -2.12. The first kappa shape index (κ1) is 18.2. The predicted molar refractivity (Wildman–Crippen MR) is 108 cm³/mol. The highest BCUT2D eigenvalue weighted by Crippen LogP contribution is 2.32. The van der Waals surface area contributed by atoms with E-state index in [4.69, 9.17) is 9.47 Å². The van der Waals surface area contributed by atoms with Gasteiger partial charge in [-0.15, -0.1) is 0 Å². The second-order valence-corrected chi connectivity index (χ2v) is 8.22. The van der Waals surface area contributed by atoms with Crippen LogP contribution in [0.2, 0.25) is 0 Å². The van der Waals surface area contributed by atoms with Gasteiger partial charge in [-0.3, -0.25) is 4.72 Å². The van der Waals surface area contributed by atoms with Gasteiger partial charge in [-0.25, -0.2) is 8.42 Å². The van der Waals surface area contributed by atoms with Crippen molar-refractivity contribution in [3.05, 3.63) is 77.9 Å². The van der Waals surface area contributed by atoms with Crippen LogP contribution in [0.15, 0.2) is 71.6 Å². The monoisotopic (exact) mass is 396 g/mol. The van der Waals surface area contributed by atoms with Crippen molar-refractivity contribution in [2.24, 2.45) is 0 Å². The van der Waals surface area contributed by atoms with Crippen molar-refractivity contribution < 1.29 is 17.9 Å². The van der Waals surface area contributed by atoms with E-state index < -0.39 is 10.0 Å². The average molecular weight is 396 g/mol. The van der Waals surface area contributed by atoms with E-state index >= 15 is 0 Å². The Hall–Kier alpha value is -3.19. The van der Waals surface area contributed by atoms with E-state index in [9.17, 15) is 8.42 Å². The van der Waals surface area contributed by atoms with Gasteiger partial charge in [0, 0.05) is 17.9 Å². The summed E-state index contributed by atoms with van der Waals surface area (Å²) in [5.74, 6) is 1.51. The normalized spacial score (nSPS) is 12.6. The Morgan fingerprint density at radius 1 is 0.857 bits per heavy atom. The summed E-state index contributed by atoms with van der Waals surface area (Å²) in [6.07, 6.45) is 0. The van der Waals surface area contributed by atoms with Crippen molar-refractivity contribution in [2.45, 2.75) is 18.4 Å². The third kappa shape index (κ3) is 4.04. The molecule has 1 aliphatic heterocycles. The topological polar surface area (TPSA) is 76.7 Å². The molecule has 0 unspecified atom stereocenters. The molecule has 3 aromatic carbocycles. The lowest BCUT2D eigenvalue weighted by atomic mass is 10.2. The molecule has 1 heterocycles. The molecule has 6 nitrogen and oxygen atoms in total. The van der Waals surface area contributed by atoms with Crippen LogP contribution in [0.4, 0.5) is 11.4 Å². The van der Waals surface area contributed by atoms with Crippen LogP contribution in [0, 0.1) is 6.92 Å². The minimum atomic E-state index is -3.60. The number of sulfonamides is 1. The van der Waals surface area contributed by atoms with Crippen molar-refractivity contribution >= 4 is 21.4 Å². The van der Waals surface area contributed by atoms with Crippen molar-refractivity contribution in [1.82, 2.24) is 0 Å². The Morgan fingerprint density at radius 2 is 1.54 bits per heavy atom. The van der Waals surface area contributed by atoms with E-state index in [2.05, 4.69) is 10.0 Å². The maximum atomic E-state index is 12.5. The first-order chi connectivity index (χ1) is 13.5. The molecule has 0 saturated carbocycles. The van der Waals surface area contributed by atoms with Gasteiger partial charge in [0.1, 0.15) is 0 Å². The molecule has 28 heavy (non-hydrogen) atoms. The van der Waals surface area contributed by atoms with Crippen molar-refractivity contribution in [1.29, 1.82) is 0 Å². The molecule has 3 aromatic rings. The van der Waals surface area contributed by atoms with Crippen LogP contribution in [0.25, 0.3) is 0 Å². The molecule has 0 atom stereocenters. The molecule has 0 aliphatic carbocycles. The SMILES string of the molecule is Cc1ccc(S(=O)(=O)Nc2ccc(NCc3ccc4c(c3)OCO4)cc2)cc1. The highest BCUT2D eigenvalue weighted by atomic mass is 32.2. The Balaban J connectivity index is 1.39. The summed E-state index contributed by atoms with van der Waals surface area (Å²) in [6, 6.07) is 19.7. The fraction of sp³-hybridized carbons (Fsp3) is 0.143. The summed E-state index contributed by atoms with van der Waals surface area (Å²) >= 11 is 0. The standard InChI is InChI=1S/C21H20N2O4S/c1-15-2-9-19(10-3-15)28(24,25)23-18-7-5-17(6-8-18)22-13-16-4-11-20-21(12-16)27-14-26-20/h2-12,22-23H,13-14H2,1H3. The van der Waals surface area contributed by atoms with E-state index in [0.717, 1.165) is 28.3 Å². The fourth-order valence-electron chi connectivity index (χ4n) is 2.84. The largest absolute Gasteiger partial charge is 0.454 e. The van der Waals surface area contributed by atoms with Crippen molar-refractivity contribution in [3.8, 4) is 11.5 Å². The predicted octanol–water partition coefficient (Wildman–Crippen LogP) is 4.14. The quantitative estimate of drug-likeness (QED) is 0.655. The summed E-state index contributed by atoms with van der Waals surface area (Å²) in [5.41, 5.74) is 3.47. The number of hydrogen-bond acceptors (Lipinski definition) is 5. The first-order valence-electron chi connectivity index (χ1n) is 8.82. The van der Waals surface area contributed by atoms with Gasteiger partial charge in [-0.1, -0.05) is 23.8 Å². The van der Waals surface area contributed by atoms with Gasteiger partial charge in [0.05, 0.1) is 4.90 Å². The molecular weight excluding hydrogens is 376 g/mol. The smallest absolute Gasteiger partial charge is 0.261 e. The molecule has 0 spiro atoms. The van der Waals surface area contributed by atoms with Crippen LogP contribution in [-0.2, 0) is 16.6 Å². The van der Waals surface area contributed by atoms with Crippen molar-refractivity contribution in [2.75, 3.05) is 16.8 Å². The van der Waals surface area contributed by atoms with Crippen LogP contribution >= 0.6 is 0 Å². The lowest BCUT2D eigenvalue weighted by Gasteiger charge is -2.11. The van der Waals surface area contributed by atoms with Crippen LogP contribution < -0.4 is 19.5 Å². The molecule has 0 amide bonds. The van der Waals surface area contributed by atoms with Crippen LogP contribution in [0.1, 0.15) is 11.1 Å². The number of aryl methyl sites for hydroxylation is 1. The van der Waals surface area contributed by atoms with Crippen LogP contribution in [-0.4, -0.2) is 15.2 Å². The first-order valence-corrected chi connectivity index (χ1v) is 10.3. The number of anilines is 2. The van der Waals surface area contributed by atoms with E-state index in [-0.39, 0.29) is 11.7 Å². The van der Waals surface area contributed by atoms with E-state index in [1.165, 1.54) is 0 Å². The number of hydrogen-bond donors (Lipinski definition) is 2. The number of rotatable bonds is 6. The summed E-state index contributed by atoms with van der Waals surface area (Å²) in [7, 11) is -3.60. The average Bonchev–Trinajstić information content (AvgIpc) is 3.15. The van der Waals surface area contributed by atoms with Crippen molar-refractivity contribution in [3.63, 3.8) is 0 Å². The number of nitrogens with one attached hydrogen (secondary N) is 2. The minimum Gasteiger partial charge on any atom is -0.454 e. The van der Waals surface area contributed by atoms with Crippen LogP contribution in [0.3, 0.4) is 0 Å². The molecule has 0 fully saturated rings. The summed E-state index contributed by atoms with van der Waals surface area (Å²) in [6.45, 7) is 2.79. The van der Waals surface area contributed by atoms with Gasteiger partial charge in [0.2, 0.25) is 6.79 Å².